The molecule has 2 heterocycles. The fraction of sp³-hybridized carbons (Fsp3) is 0.389. The lowest BCUT2D eigenvalue weighted by molar-refractivity contribution is 0.0239. The van der Waals surface area contributed by atoms with Crippen LogP contribution in [0.5, 0.6) is 0 Å². The van der Waals surface area contributed by atoms with Crippen LogP contribution >= 0.6 is 0 Å². The van der Waals surface area contributed by atoms with Crippen molar-refractivity contribution in [3.8, 4) is 0 Å². The Balaban J connectivity index is 1.63. The van der Waals surface area contributed by atoms with Gasteiger partial charge in [0, 0.05) is 11.8 Å². The van der Waals surface area contributed by atoms with Gasteiger partial charge in [0.15, 0.2) is 0 Å². The third-order valence-electron chi connectivity index (χ3n) is 3.82. The molecule has 1 N–H and O–H groups in total. The third kappa shape index (κ3) is 3.99. The molecule has 3 rings (SSSR count). The zero-order valence-corrected chi connectivity index (χ0v) is 14.5. The van der Waals surface area contributed by atoms with E-state index < -0.39 is 11.6 Å². The molecule has 1 aromatic heterocycles. The Bertz CT molecular complexity index is 779. The van der Waals surface area contributed by atoms with Crippen molar-refractivity contribution in [2.45, 2.75) is 46.0 Å². The van der Waals surface area contributed by atoms with E-state index in [0.717, 1.165) is 16.8 Å². The van der Waals surface area contributed by atoms with Gasteiger partial charge in [0.25, 0.3) is 0 Å². The molecule has 0 bridgehead atoms. The molecule has 25 heavy (non-hydrogen) atoms. The summed E-state index contributed by atoms with van der Waals surface area (Å²) in [4.78, 5) is 24.6. The van der Waals surface area contributed by atoms with E-state index in [9.17, 15) is 9.59 Å². The third-order valence-corrected chi connectivity index (χ3v) is 3.82. The maximum absolute atomic E-state index is 12.1. The Morgan fingerprint density at radius 2 is 1.88 bits per heavy atom. The number of aromatic carboxylic acids is 1. The Morgan fingerprint density at radius 3 is 2.44 bits per heavy atom. The summed E-state index contributed by atoms with van der Waals surface area (Å²) in [5.41, 5.74) is 2.59. The molecule has 0 saturated carbocycles. The minimum absolute atomic E-state index is 0.264. The van der Waals surface area contributed by atoms with Gasteiger partial charge in [0.05, 0.1) is 30.9 Å². The van der Waals surface area contributed by atoms with Gasteiger partial charge in [-0.2, -0.15) is 5.10 Å². The number of rotatable bonds is 3. The fourth-order valence-electron chi connectivity index (χ4n) is 2.69. The van der Waals surface area contributed by atoms with Crippen LogP contribution in [0.4, 0.5) is 4.79 Å². The Kier molecular flexibility index (Phi) is 4.24. The highest BCUT2D eigenvalue weighted by Gasteiger charge is 2.29. The van der Waals surface area contributed by atoms with Crippen LogP contribution in [0.3, 0.4) is 0 Å². The molecule has 1 aromatic carbocycles. The van der Waals surface area contributed by atoms with Crippen LogP contribution in [-0.2, 0) is 24.4 Å². The molecule has 1 amide bonds. The molecule has 132 valence electrons. The SMILES string of the molecule is CC(C)(C)OC(=O)N1Cc2cn(Cc3ccc(C(=O)O)cc3)nc2C1. The van der Waals surface area contributed by atoms with Gasteiger partial charge in [-0.25, -0.2) is 9.59 Å². The number of carbonyl (C=O) groups excluding carboxylic acids is 1. The Morgan fingerprint density at radius 1 is 1.20 bits per heavy atom. The number of hydrogen-bond donors (Lipinski definition) is 1. The Hall–Kier alpha value is -2.83. The second-order valence-corrected chi connectivity index (χ2v) is 7.14. The van der Waals surface area contributed by atoms with Crippen molar-refractivity contribution in [3.63, 3.8) is 0 Å². The van der Waals surface area contributed by atoms with Crippen molar-refractivity contribution in [1.82, 2.24) is 14.7 Å². The highest BCUT2D eigenvalue weighted by atomic mass is 16.6. The summed E-state index contributed by atoms with van der Waals surface area (Å²) in [6.45, 7) is 7.01. The number of amides is 1. The van der Waals surface area contributed by atoms with Crippen LogP contribution in [-0.4, -0.2) is 37.5 Å². The molecule has 0 radical (unpaired) electrons. The number of ether oxygens (including phenoxy) is 1. The van der Waals surface area contributed by atoms with E-state index >= 15 is 0 Å². The summed E-state index contributed by atoms with van der Waals surface area (Å²) in [5, 5.41) is 13.4. The minimum Gasteiger partial charge on any atom is -0.478 e. The second-order valence-electron chi connectivity index (χ2n) is 7.14. The quantitative estimate of drug-likeness (QED) is 0.926. The van der Waals surface area contributed by atoms with Crippen LogP contribution in [0.1, 0.15) is 48.0 Å². The molecule has 0 unspecified atom stereocenters. The number of carboxylic acids is 1. The first-order valence-electron chi connectivity index (χ1n) is 8.06. The van der Waals surface area contributed by atoms with Crippen LogP contribution in [0.15, 0.2) is 30.5 Å². The van der Waals surface area contributed by atoms with Crippen molar-refractivity contribution < 1.29 is 19.4 Å². The number of aromatic nitrogens is 2. The van der Waals surface area contributed by atoms with E-state index in [1.54, 1.807) is 29.2 Å². The van der Waals surface area contributed by atoms with E-state index in [2.05, 4.69) is 5.10 Å². The zero-order chi connectivity index (χ0) is 18.2. The molecule has 2 aromatic rings. The highest BCUT2D eigenvalue weighted by molar-refractivity contribution is 5.87. The first-order valence-corrected chi connectivity index (χ1v) is 8.06. The lowest BCUT2D eigenvalue weighted by Crippen LogP contribution is -2.33. The highest BCUT2D eigenvalue weighted by Crippen LogP contribution is 2.24. The van der Waals surface area contributed by atoms with E-state index in [-0.39, 0.29) is 11.7 Å². The number of benzene rings is 1. The van der Waals surface area contributed by atoms with Crippen LogP contribution in [0.25, 0.3) is 0 Å². The monoisotopic (exact) mass is 343 g/mol. The predicted octanol–water partition coefficient (Wildman–Crippen LogP) is 2.88. The van der Waals surface area contributed by atoms with Gasteiger partial charge in [0.1, 0.15) is 5.60 Å². The topological polar surface area (TPSA) is 84.7 Å². The van der Waals surface area contributed by atoms with Crippen LogP contribution in [0, 0.1) is 0 Å². The van der Waals surface area contributed by atoms with Gasteiger partial charge >= 0.3 is 12.1 Å². The van der Waals surface area contributed by atoms with Crippen LogP contribution in [0.2, 0.25) is 0 Å². The first kappa shape index (κ1) is 17.0. The molecule has 0 fully saturated rings. The smallest absolute Gasteiger partial charge is 0.410 e. The average Bonchev–Trinajstić information content (AvgIpc) is 3.04. The van der Waals surface area contributed by atoms with Crippen molar-refractivity contribution in [3.05, 3.63) is 52.8 Å². The van der Waals surface area contributed by atoms with E-state index in [4.69, 9.17) is 9.84 Å². The van der Waals surface area contributed by atoms with Crippen molar-refractivity contribution >= 4 is 12.1 Å². The normalized spacial score (nSPS) is 13.6. The van der Waals surface area contributed by atoms with Gasteiger partial charge in [-0.1, -0.05) is 12.1 Å². The largest absolute Gasteiger partial charge is 0.478 e. The summed E-state index contributed by atoms with van der Waals surface area (Å²) in [5.74, 6) is -0.938. The number of hydrogen-bond acceptors (Lipinski definition) is 4. The Labute approximate surface area is 145 Å². The molecule has 0 atom stereocenters. The first-order chi connectivity index (χ1) is 11.7. The summed E-state index contributed by atoms with van der Waals surface area (Å²) in [6, 6.07) is 6.73. The number of nitrogens with zero attached hydrogens (tertiary/aromatic N) is 3. The van der Waals surface area contributed by atoms with Crippen molar-refractivity contribution in [2.75, 3.05) is 0 Å². The molecule has 0 saturated heterocycles. The standard InChI is InChI=1S/C18H21N3O4/c1-18(2,3)25-17(24)20-9-14-10-21(19-15(14)11-20)8-12-4-6-13(7-5-12)16(22)23/h4-7,10H,8-9,11H2,1-3H3,(H,22,23). The summed E-state index contributed by atoms with van der Waals surface area (Å²) < 4.78 is 7.20. The lowest BCUT2D eigenvalue weighted by atomic mass is 10.1. The van der Waals surface area contributed by atoms with Crippen LogP contribution < -0.4 is 0 Å². The maximum atomic E-state index is 12.1. The molecule has 1 aliphatic rings. The fourth-order valence-corrected chi connectivity index (χ4v) is 2.69. The molecule has 0 aliphatic carbocycles. The van der Waals surface area contributed by atoms with Gasteiger partial charge in [-0.05, 0) is 38.5 Å². The van der Waals surface area contributed by atoms with Gasteiger partial charge < -0.3 is 9.84 Å². The molecular weight excluding hydrogens is 322 g/mol. The number of carboxylic acid groups (broad SMARTS) is 1. The predicted molar refractivity (Wildman–Crippen MR) is 90.2 cm³/mol. The van der Waals surface area contributed by atoms with Crippen molar-refractivity contribution in [2.24, 2.45) is 0 Å². The number of fused-ring (bicyclic) bond motifs is 1. The van der Waals surface area contributed by atoms with Gasteiger partial charge in [-0.3, -0.25) is 9.58 Å². The molecule has 7 nitrogen and oxygen atoms in total. The molecule has 1 aliphatic heterocycles. The summed E-state index contributed by atoms with van der Waals surface area (Å²) >= 11 is 0. The molecular formula is C18H21N3O4. The number of carbonyl (C=O) groups is 2. The van der Waals surface area contributed by atoms with Gasteiger partial charge in [-0.15, -0.1) is 0 Å². The summed E-state index contributed by atoms with van der Waals surface area (Å²) in [7, 11) is 0. The van der Waals surface area contributed by atoms with Crippen molar-refractivity contribution in [1.29, 1.82) is 0 Å². The van der Waals surface area contributed by atoms with E-state index in [1.807, 2.05) is 31.6 Å². The summed E-state index contributed by atoms with van der Waals surface area (Å²) in [6.07, 6.45) is 1.59. The average molecular weight is 343 g/mol. The molecule has 0 spiro atoms. The zero-order valence-electron chi connectivity index (χ0n) is 14.5. The van der Waals surface area contributed by atoms with Gasteiger partial charge in [0.2, 0.25) is 0 Å². The lowest BCUT2D eigenvalue weighted by Gasteiger charge is -2.24. The second kappa shape index (κ2) is 6.23. The van der Waals surface area contributed by atoms with E-state index in [1.165, 1.54) is 0 Å². The molecule has 7 heteroatoms. The van der Waals surface area contributed by atoms with E-state index in [0.29, 0.717) is 19.6 Å². The maximum Gasteiger partial charge on any atom is 0.410 e. The minimum atomic E-state index is -0.938.